The second-order valence-electron chi connectivity index (χ2n) is 6.17. The molecule has 2 aliphatic rings. The molecule has 0 aromatic carbocycles. The maximum Gasteiger partial charge on any atom is 0.280 e. The molecule has 1 atom stereocenters. The zero-order valence-electron chi connectivity index (χ0n) is 13.6. The van der Waals surface area contributed by atoms with Crippen LogP contribution in [0.3, 0.4) is 0 Å². The molecular weight excluding hydrogens is 318 g/mol. The van der Waals surface area contributed by atoms with Crippen molar-refractivity contribution in [3.05, 3.63) is 11.6 Å². The fourth-order valence-corrected chi connectivity index (χ4v) is 4.71. The summed E-state index contributed by atoms with van der Waals surface area (Å²) in [6.07, 6.45) is 5.70. The molecule has 3 rings (SSSR count). The van der Waals surface area contributed by atoms with Crippen LogP contribution in [0.25, 0.3) is 0 Å². The van der Waals surface area contributed by atoms with Gasteiger partial charge in [0, 0.05) is 26.7 Å². The van der Waals surface area contributed by atoms with Gasteiger partial charge < -0.3 is 4.74 Å². The van der Waals surface area contributed by atoms with Gasteiger partial charge in [0.15, 0.2) is 5.82 Å². The van der Waals surface area contributed by atoms with E-state index in [1.165, 1.54) is 0 Å². The van der Waals surface area contributed by atoms with E-state index in [1.807, 2.05) is 0 Å². The van der Waals surface area contributed by atoms with Crippen LogP contribution in [0, 0.1) is 0 Å². The molecule has 0 aliphatic carbocycles. The van der Waals surface area contributed by atoms with Gasteiger partial charge in [-0.15, -0.1) is 0 Å². The summed E-state index contributed by atoms with van der Waals surface area (Å²) in [6, 6.07) is -0.310. The molecule has 1 aromatic rings. The summed E-state index contributed by atoms with van der Waals surface area (Å²) >= 11 is 0. The van der Waals surface area contributed by atoms with Crippen molar-refractivity contribution in [3.8, 4) is 0 Å². The van der Waals surface area contributed by atoms with E-state index in [0.29, 0.717) is 31.3 Å². The summed E-state index contributed by atoms with van der Waals surface area (Å²) in [7, 11) is -1.88. The Morgan fingerprint density at radius 3 is 2.61 bits per heavy atom. The number of ether oxygens (including phenoxy) is 1. The van der Waals surface area contributed by atoms with E-state index in [0.717, 1.165) is 45.1 Å². The Balaban J connectivity index is 1.75. The number of hydrogen-bond acceptors (Lipinski definition) is 5. The van der Waals surface area contributed by atoms with Crippen LogP contribution in [0.1, 0.15) is 56.2 Å². The van der Waals surface area contributed by atoms with E-state index >= 15 is 0 Å². The Morgan fingerprint density at radius 2 is 1.91 bits per heavy atom. The second-order valence-corrected chi connectivity index (χ2v) is 7.88. The molecule has 0 amide bonds. The van der Waals surface area contributed by atoms with Crippen LogP contribution in [0.5, 0.6) is 0 Å². The SMILES string of the molecule is COCc1nc2n(n1)CCC[C@H]2NS(=O)(=O)N1CCCCCC1. The Bertz CT molecular complexity index is 622. The number of nitrogens with one attached hydrogen (secondary N) is 1. The first-order valence-electron chi connectivity index (χ1n) is 8.30. The lowest BCUT2D eigenvalue weighted by Gasteiger charge is -2.27. The van der Waals surface area contributed by atoms with Crippen LogP contribution in [0.2, 0.25) is 0 Å². The van der Waals surface area contributed by atoms with Gasteiger partial charge >= 0.3 is 0 Å². The van der Waals surface area contributed by atoms with Gasteiger partial charge in [-0.1, -0.05) is 12.8 Å². The normalized spacial score (nSPS) is 23.4. The van der Waals surface area contributed by atoms with Crippen molar-refractivity contribution in [1.29, 1.82) is 0 Å². The zero-order chi connectivity index (χ0) is 16.3. The van der Waals surface area contributed by atoms with Gasteiger partial charge in [-0.05, 0) is 25.7 Å². The van der Waals surface area contributed by atoms with Crippen molar-refractivity contribution in [2.24, 2.45) is 0 Å². The fraction of sp³-hybridized carbons (Fsp3) is 0.857. The molecule has 23 heavy (non-hydrogen) atoms. The molecule has 0 spiro atoms. The Hall–Kier alpha value is -1.03. The molecule has 2 aliphatic heterocycles. The molecule has 130 valence electrons. The first kappa shape index (κ1) is 16.8. The summed E-state index contributed by atoms with van der Waals surface area (Å²) in [4.78, 5) is 4.45. The zero-order valence-corrected chi connectivity index (χ0v) is 14.4. The predicted octanol–water partition coefficient (Wildman–Crippen LogP) is 0.970. The van der Waals surface area contributed by atoms with E-state index in [4.69, 9.17) is 4.74 Å². The molecule has 1 aromatic heterocycles. The smallest absolute Gasteiger partial charge is 0.280 e. The summed E-state index contributed by atoms with van der Waals surface area (Å²) in [5.41, 5.74) is 0. The molecule has 9 heteroatoms. The van der Waals surface area contributed by atoms with Gasteiger partial charge in [-0.2, -0.15) is 22.5 Å². The van der Waals surface area contributed by atoms with Gasteiger partial charge in [-0.25, -0.2) is 9.67 Å². The van der Waals surface area contributed by atoms with E-state index in [9.17, 15) is 8.42 Å². The Morgan fingerprint density at radius 1 is 1.17 bits per heavy atom. The summed E-state index contributed by atoms with van der Waals surface area (Å²) < 4.78 is 36.6. The molecule has 3 heterocycles. The van der Waals surface area contributed by atoms with Gasteiger partial charge in [0.1, 0.15) is 12.4 Å². The minimum absolute atomic E-state index is 0.310. The van der Waals surface area contributed by atoms with Gasteiger partial charge in [0.25, 0.3) is 10.2 Å². The highest BCUT2D eigenvalue weighted by molar-refractivity contribution is 7.87. The summed E-state index contributed by atoms with van der Waals surface area (Å²) in [6.45, 7) is 2.31. The highest BCUT2D eigenvalue weighted by atomic mass is 32.2. The number of aryl methyl sites for hydroxylation is 1. The van der Waals surface area contributed by atoms with Crippen LogP contribution in [0.15, 0.2) is 0 Å². The lowest BCUT2D eigenvalue weighted by molar-refractivity contribution is 0.177. The number of nitrogens with zero attached hydrogens (tertiary/aromatic N) is 4. The third kappa shape index (κ3) is 3.90. The standard InChI is InChI=1S/C14H25N5O3S/c1-22-11-13-15-14-12(7-6-10-19(14)16-13)17-23(20,21)18-8-4-2-3-5-9-18/h12,17H,2-11H2,1H3/t12-/m1/s1. The first-order chi connectivity index (χ1) is 11.1. The lowest BCUT2D eigenvalue weighted by Crippen LogP contribution is -2.44. The number of fused-ring (bicyclic) bond motifs is 1. The molecule has 0 bridgehead atoms. The van der Waals surface area contributed by atoms with Crippen LogP contribution < -0.4 is 4.72 Å². The number of hydrogen-bond donors (Lipinski definition) is 1. The molecule has 8 nitrogen and oxygen atoms in total. The minimum atomic E-state index is -3.48. The summed E-state index contributed by atoms with van der Waals surface area (Å²) in [5.74, 6) is 1.30. The van der Waals surface area contributed by atoms with Crippen molar-refractivity contribution < 1.29 is 13.2 Å². The third-order valence-electron chi connectivity index (χ3n) is 4.39. The van der Waals surface area contributed by atoms with Gasteiger partial charge in [-0.3, -0.25) is 0 Å². The number of aromatic nitrogens is 3. The van der Waals surface area contributed by atoms with E-state index < -0.39 is 10.2 Å². The monoisotopic (exact) mass is 343 g/mol. The maximum atomic E-state index is 12.7. The highest BCUT2D eigenvalue weighted by Crippen LogP contribution is 2.25. The lowest BCUT2D eigenvalue weighted by atomic mass is 10.1. The minimum Gasteiger partial charge on any atom is -0.377 e. The average Bonchev–Trinajstić information content (AvgIpc) is 2.74. The van der Waals surface area contributed by atoms with Crippen molar-refractivity contribution in [2.75, 3.05) is 20.2 Å². The molecule has 1 N–H and O–H groups in total. The van der Waals surface area contributed by atoms with Crippen molar-refractivity contribution >= 4 is 10.2 Å². The van der Waals surface area contributed by atoms with E-state index in [-0.39, 0.29) is 6.04 Å². The first-order valence-corrected chi connectivity index (χ1v) is 9.74. The largest absolute Gasteiger partial charge is 0.377 e. The maximum absolute atomic E-state index is 12.7. The predicted molar refractivity (Wildman–Crippen MR) is 84.8 cm³/mol. The van der Waals surface area contributed by atoms with Gasteiger partial charge in [0.05, 0.1) is 6.04 Å². The highest BCUT2D eigenvalue weighted by Gasteiger charge is 2.31. The Labute approximate surface area is 137 Å². The topological polar surface area (TPSA) is 89.3 Å². The van der Waals surface area contributed by atoms with Crippen LogP contribution in [-0.2, 0) is 28.1 Å². The van der Waals surface area contributed by atoms with E-state index in [2.05, 4.69) is 14.8 Å². The van der Waals surface area contributed by atoms with Crippen molar-refractivity contribution in [3.63, 3.8) is 0 Å². The van der Waals surface area contributed by atoms with Crippen LogP contribution in [0.4, 0.5) is 0 Å². The fourth-order valence-electron chi connectivity index (χ4n) is 3.24. The second kappa shape index (κ2) is 7.25. The van der Waals surface area contributed by atoms with Crippen LogP contribution >= 0.6 is 0 Å². The summed E-state index contributed by atoms with van der Waals surface area (Å²) in [5, 5.41) is 4.38. The number of methoxy groups -OCH3 is 1. The molecule has 1 fully saturated rings. The van der Waals surface area contributed by atoms with Crippen molar-refractivity contribution in [2.45, 2.75) is 57.7 Å². The third-order valence-corrected chi connectivity index (χ3v) is 6.02. The van der Waals surface area contributed by atoms with Crippen LogP contribution in [-0.4, -0.2) is 47.7 Å². The molecule has 0 unspecified atom stereocenters. The Kier molecular flexibility index (Phi) is 5.30. The molecule has 0 radical (unpaired) electrons. The molecular formula is C14H25N5O3S. The molecule has 1 saturated heterocycles. The number of rotatable bonds is 5. The molecule has 0 saturated carbocycles. The van der Waals surface area contributed by atoms with Crippen molar-refractivity contribution in [1.82, 2.24) is 23.8 Å². The quantitative estimate of drug-likeness (QED) is 0.860. The average molecular weight is 343 g/mol. The van der Waals surface area contributed by atoms with Gasteiger partial charge in [0.2, 0.25) is 0 Å². The van der Waals surface area contributed by atoms with E-state index in [1.54, 1.807) is 16.1 Å².